The molecule has 0 unspecified atom stereocenters. The van der Waals surface area contributed by atoms with Crippen LogP contribution in [-0.4, -0.2) is 0 Å². The van der Waals surface area contributed by atoms with Crippen LogP contribution in [-0.2, 0) is 0 Å². The Morgan fingerprint density at radius 3 is 2.29 bits per heavy atom. The van der Waals surface area contributed by atoms with Crippen molar-refractivity contribution in [3.63, 3.8) is 0 Å². The van der Waals surface area contributed by atoms with Crippen LogP contribution in [0.5, 0.6) is 0 Å². The third-order valence-corrected chi connectivity index (χ3v) is 4.09. The van der Waals surface area contributed by atoms with Gasteiger partial charge in [-0.3, -0.25) is 0 Å². The van der Waals surface area contributed by atoms with E-state index in [1.54, 1.807) is 0 Å². The molecule has 0 aromatic heterocycles. The van der Waals surface area contributed by atoms with Gasteiger partial charge in [0.1, 0.15) is 0 Å². The summed E-state index contributed by atoms with van der Waals surface area (Å²) in [6, 6.07) is 0. The van der Waals surface area contributed by atoms with Gasteiger partial charge >= 0.3 is 0 Å². The van der Waals surface area contributed by atoms with Crippen molar-refractivity contribution < 1.29 is 0 Å². The predicted molar refractivity (Wildman–Crippen MR) is 62.3 cm³/mol. The standard InChI is InChI=1S/C14H24/c1-2-4-6-8-14-11-9-13(10-12-14)7-5-3-1/h3,5,13-14H,1-2,4,6-12H2/b5-3+. The van der Waals surface area contributed by atoms with Crippen LogP contribution in [0.1, 0.15) is 64.2 Å². The SMILES string of the molecule is C1=C/CC2CCC(CCCCC/1)CC2. The first-order valence-corrected chi connectivity index (χ1v) is 6.60. The average molecular weight is 192 g/mol. The van der Waals surface area contributed by atoms with Crippen LogP contribution in [0.2, 0.25) is 0 Å². The Bertz CT molecular complexity index is 172. The highest BCUT2D eigenvalue weighted by molar-refractivity contribution is 4.86. The van der Waals surface area contributed by atoms with Gasteiger partial charge in [-0.05, 0) is 43.9 Å². The smallest absolute Gasteiger partial charge is 0.0322 e. The van der Waals surface area contributed by atoms with Crippen molar-refractivity contribution in [1.82, 2.24) is 0 Å². The van der Waals surface area contributed by atoms with Crippen LogP contribution in [0.3, 0.4) is 0 Å². The van der Waals surface area contributed by atoms with E-state index in [1.807, 2.05) is 0 Å². The number of hydrogen-bond donors (Lipinski definition) is 0. The minimum Gasteiger partial charge on any atom is -0.0885 e. The molecule has 0 heteroatoms. The van der Waals surface area contributed by atoms with Crippen LogP contribution in [0.25, 0.3) is 0 Å². The van der Waals surface area contributed by atoms with Crippen molar-refractivity contribution in [2.75, 3.05) is 0 Å². The van der Waals surface area contributed by atoms with E-state index in [4.69, 9.17) is 0 Å². The monoisotopic (exact) mass is 192 g/mol. The first kappa shape index (κ1) is 10.3. The fourth-order valence-corrected chi connectivity index (χ4v) is 3.03. The summed E-state index contributed by atoms with van der Waals surface area (Å²) in [6.07, 6.45) is 19.5. The average Bonchev–Trinajstić information content (AvgIpc) is 2.20. The fourth-order valence-electron chi connectivity index (χ4n) is 3.03. The van der Waals surface area contributed by atoms with Gasteiger partial charge in [0.15, 0.2) is 0 Å². The van der Waals surface area contributed by atoms with Crippen molar-refractivity contribution >= 4 is 0 Å². The summed E-state index contributed by atoms with van der Waals surface area (Å²) < 4.78 is 0. The maximum absolute atomic E-state index is 2.45. The van der Waals surface area contributed by atoms with E-state index >= 15 is 0 Å². The zero-order valence-electron chi connectivity index (χ0n) is 9.38. The van der Waals surface area contributed by atoms with Crippen LogP contribution in [0.15, 0.2) is 12.2 Å². The maximum Gasteiger partial charge on any atom is -0.0322 e. The molecule has 0 atom stereocenters. The van der Waals surface area contributed by atoms with Crippen LogP contribution in [0, 0.1) is 11.8 Å². The minimum atomic E-state index is 1.03. The summed E-state index contributed by atoms with van der Waals surface area (Å²) in [7, 11) is 0. The molecule has 0 radical (unpaired) electrons. The zero-order chi connectivity index (χ0) is 9.64. The number of rotatable bonds is 0. The van der Waals surface area contributed by atoms with Gasteiger partial charge < -0.3 is 0 Å². The Kier molecular flexibility index (Phi) is 4.09. The molecule has 0 amide bonds. The molecule has 0 spiro atoms. The quantitative estimate of drug-likeness (QED) is 0.488. The molecule has 1 fully saturated rings. The molecule has 3 aliphatic rings. The highest BCUT2D eigenvalue weighted by Crippen LogP contribution is 2.34. The lowest BCUT2D eigenvalue weighted by Crippen LogP contribution is -2.14. The van der Waals surface area contributed by atoms with Gasteiger partial charge in [-0.1, -0.05) is 44.3 Å². The van der Waals surface area contributed by atoms with Gasteiger partial charge in [-0.25, -0.2) is 0 Å². The van der Waals surface area contributed by atoms with Gasteiger partial charge in [0.25, 0.3) is 0 Å². The Morgan fingerprint density at radius 1 is 0.643 bits per heavy atom. The number of hydrogen-bond acceptors (Lipinski definition) is 0. The molecule has 80 valence electrons. The van der Waals surface area contributed by atoms with Gasteiger partial charge in [-0.15, -0.1) is 0 Å². The molecule has 0 N–H and O–H groups in total. The lowest BCUT2D eigenvalue weighted by molar-refractivity contribution is 0.259. The normalized spacial score (nSPS) is 37.1. The van der Waals surface area contributed by atoms with Gasteiger partial charge in [0.05, 0.1) is 0 Å². The summed E-state index contributed by atoms with van der Waals surface area (Å²) in [4.78, 5) is 0. The summed E-state index contributed by atoms with van der Waals surface area (Å²) >= 11 is 0. The van der Waals surface area contributed by atoms with Gasteiger partial charge in [0, 0.05) is 0 Å². The number of allylic oxidation sites excluding steroid dienone is 2. The fraction of sp³-hybridized carbons (Fsp3) is 0.857. The highest BCUT2D eigenvalue weighted by atomic mass is 14.3. The molecule has 0 saturated heterocycles. The molecule has 14 heavy (non-hydrogen) atoms. The Labute approximate surface area is 88.8 Å². The zero-order valence-corrected chi connectivity index (χ0v) is 9.38. The topological polar surface area (TPSA) is 0 Å². The van der Waals surface area contributed by atoms with Crippen molar-refractivity contribution in [2.45, 2.75) is 64.2 Å². The molecular weight excluding hydrogens is 168 g/mol. The number of fused-ring (bicyclic) bond motifs is 8. The maximum atomic E-state index is 2.45. The Hall–Kier alpha value is -0.260. The first-order chi connectivity index (χ1) is 6.95. The third kappa shape index (κ3) is 3.15. The van der Waals surface area contributed by atoms with E-state index in [0.29, 0.717) is 0 Å². The summed E-state index contributed by atoms with van der Waals surface area (Å²) in [6.45, 7) is 0. The molecule has 0 nitrogen and oxygen atoms in total. The molecule has 0 aromatic carbocycles. The summed E-state index contributed by atoms with van der Waals surface area (Å²) in [5.74, 6) is 2.12. The van der Waals surface area contributed by atoms with Crippen LogP contribution in [0.4, 0.5) is 0 Å². The second-order valence-electron chi connectivity index (χ2n) is 5.23. The Morgan fingerprint density at radius 2 is 1.43 bits per heavy atom. The minimum absolute atomic E-state index is 1.03. The van der Waals surface area contributed by atoms with Crippen molar-refractivity contribution in [3.8, 4) is 0 Å². The van der Waals surface area contributed by atoms with Crippen LogP contribution < -0.4 is 0 Å². The van der Waals surface area contributed by atoms with Crippen molar-refractivity contribution in [1.29, 1.82) is 0 Å². The summed E-state index contributed by atoms with van der Waals surface area (Å²) in [5.41, 5.74) is 0. The molecule has 1 saturated carbocycles. The van der Waals surface area contributed by atoms with Gasteiger partial charge in [0.2, 0.25) is 0 Å². The lowest BCUT2D eigenvalue weighted by Gasteiger charge is -2.28. The van der Waals surface area contributed by atoms with Gasteiger partial charge in [-0.2, -0.15) is 0 Å². The largest absolute Gasteiger partial charge is 0.0885 e. The molecule has 0 aliphatic heterocycles. The lowest BCUT2D eigenvalue weighted by atomic mass is 9.78. The van der Waals surface area contributed by atoms with Crippen LogP contribution >= 0.6 is 0 Å². The van der Waals surface area contributed by atoms with E-state index in [0.717, 1.165) is 11.8 Å². The molecule has 3 aliphatic carbocycles. The highest BCUT2D eigenvalue weighted by Gasteiger charge is 2.19. The van der Waals surface area contributed by atoms with Crippen molar-refractivity contribution in [2.24, 2.45) is 11.8 Å². The van der Waals surface area contributed by atoms with E-state index in [2.05, 4.69) is 12.2 Å². The molecular formula is C14H24. The first-order valence-electron chi connectivity index (χ1n) is 6.60. The molecule has 3 rings (SSSR count). The van der Waals surface area contributed by atoms with E-state index in [9.17, 15) is 0 Å². The van der Waals surface area contributed by atoms with E-state index in [1.165, 1.54) is 64.2 Å². The van der Waals surface area contributed by atoms with E-state index in [-0.39, 0.29) is 0 Å². The molecule has 0 aromatic rings. The molecule has 2 bridgehead atoms. The third-order valence-electron chi connectivity index (χ3n) is 4.09. The second kappa shape index (κ2) is 5.58. The summed E-state index contributed by atoms with van der Waals surface area (Å²) in [5, 5.41) is 0. The predicted octanol–water partition coefficient (Wildman–Crippen LogP) is 4.70. The van der Waals surface area contributed by atoms with Crippen molar-refractivity contribution in [3.05, 3.63) is 12.2 Å². The Balaban J connectivity index is 1.86. The second-order valence-corrected chi connectivity index (χ2v) is 5.23. The van der Waals surface area contributed by atoms with E-state index < -0.39 is 0 Å². The molecule has 0 heterocycles.